The topological polar surface area (TPSA) is 49.8 Å². The second-order valence-electron chi connectivity index (χ2n) is 3.31. The van der Waals surface area contributed by atoms with Crippen LogP contribution in [-0.2, 0) is 0 Å². The number of carbonyl (C=O) groups is 1. The molecule has 0 amide bonds. The van der Waals surface area contributed by atoms with Gasteiger partial charge in [0.15, 0.2) is 0 Å². The van der Waals surface area contributed by atoms with Crippen LogP contribution in [0.25, 0.3) is 0 Å². The van der Waals surface area contributed by atoms with Gasteiger partial charge in [0.05, 0.1) is 6.61 Å². The molecule has 0 fully saturated rings. The van der Waals surface area contributed by atoms with E-state index in [9.17, 15) is 4.79 Å². The SMILES string of the molecule is CCOc1cc(N(C)C)ccc1C(=O)O. The minimum absolute atomic E-state index is 0.197. The van der Waals surface area contributed by atoms with Crippen LogP contribution < -0.4 is 9.64 Å². The Morgan fingerprint density at radius 3 is 2.60 bits per heavy atom. The number of aromatic carboxylic acids is 1. The molecule has 1 aromatic carbocycles. The van der Waals surface area contributed by atoms with Crippen molar-refractivity contribution in [3.63, 3.8) is 0 Å². The molecule has 0 spiro atoms. The van der Waals surface area contributed by atoms with Crippen molar-refractivity contribution in [1.82, 2.24) is 0 Å². The zero-order valence-corrected chi connectivity index (χ0v) is 9.15. The lowest BCUT2D eigenvalue weighted by atomic mass is 10.1. The predicted octanol–water partition coefficient (Wildman–Crippen LogP) is 1.85. The van der Waals surface area contributed by atoms with Crippen molar-refractivity contribution in [1.29, 1.82) is 0 Å². The first kappa shape index (κ1) is 11.4. The molecule has 0 heterocycles. The normalized spacial score (nSPS) is 9.80. The van der Waals surface area contributed by atoms with Gasteiger partial charge in [0.1, 0.15) is 11.3 Å². The van der Waals surface area contributed by atoms with E-state index in [1.54, 1.807) is 18.2 Å². The van der Waals surface area contributed by atoms with Crippen molar-refractivity contribution in [2.24, 2.45) is 0 Å². The van der Waals surface area contributed by atoms with Crippen LogP contribution in [0.4, 0.5) is 5.69 Å². The van der Waals surface area contributed by atoms with Crippen molar-refractivity contribution in [2.45, 2.75) is 6.92 Å². The van der Waals surface area contributed by atoms with Crippen LogP contribution in [0, 0.1) is 0 Å². The number of carboxylic acids is 1. The fourth-order valence-electron chi connectivity index (χ4n) is 1.24. The van der Waals surface area contributed by atoms with Crippen LogP contribution in [0.1, 0.15) is 17.3 Å². The van der Waals surface area contributed by atoms with Gasteiger partial charge in [0, 0.05) is 25.8 Å². The first-order chi connectivity index (χ1) is 7.06. The van der Waals surface area contributed by atoms with Gasteiger partial charge in [-0.2, -0.15) is 0 Å². The number of carboxylic acid groups (broad SMARTS) is 1. The highest BCUT2D eigenvalue weighted by Crippen LogP contribution is 2.24. The molecule has 0 atom stereocenters. The van der Waals surface area contributed by atoms with Gasteiger partial charge in [-0.05, 0) is 19.1 Å². The third-order valence-electron chi connectivity index (χ3n) is 2.01. The molecule has 0 aliphatic carbocycles. The van der Waals surface area contributed by atoms with Gasteiger partial charge in [0.2, 0.25) is 0 Å². The summed E-state index contributed by atoms with van der Waals surface area (Å²) in [6.07, 6.45) is 0. The summed E-state index contributed by atoms with van der Waals surface area (Å²) in [6, 6.07) is 5.04. The minimum Gasteiger partial charge on any atom is -0.493 e. The Labute approximate surface area is 89.1 Å². The molecular weight excluding hydrogens is 194 g/mol. The summed E-state index contributed by atoms with van der Waals surface area (Å²) in [5.74, 6) is -0.556. The molecule has 1 N–H and O–H groups in total. The van der Waals surface area contributed by atoms with E-state index < -0.39 is 5.97 Å². The van der Waals surface area contributed by atoms with Crippen molar-refractivity contribution >= 4 is 11.7 Å². The van der Waals surface area contributed by atoms with Crippen molar-refractivity contribution in [2.75, 3.05) is 25.6 Å². The Balaban J connectivity index is 3.14. The smallest absolute Gasteiger partial charge is 0.339 e. The molecule has 4 heteroatoms. The molecule has 0 aliphatic rings. The van der Waals surface area contributed by atoms with Gasteiger partial charge in [-0.3, -0.25) is 0 Å². The summed E-state index contributed by atoms with van der Waals surface area (Å²) in [4.78, 5) is 12.8. The lowest BCUT2D eigenvalue weighted by molar-refractivity contribution is 0.0692. The van der Waals surface area contributed by atoms with Crippen LogP contribution in [0.5, 0.6) is 5.75 Å². The van der Waals surface area contributed by atoms with Crippen LogP contribution in [0.15, 0.2) is 18.2 Å². The third kappa shape index (κ3) is 2.62. The fourth-order valence-corrected chi connectivity index (χ4v) is 1.24. The van der Waals surface area contributed by atoms with E-state index >= 15 is 0 Å². The average Bonchev–Trinajstić information content (AvgIpc) is 2.17. The summed E-state index contributed by atoms with van der Waals surface area (Å²) >= 11 is 0. The number of nitrogens with zero attached hydrogens (tertiary/aromatic N) is 1. The number of hydrogen-bond acceptors (Lipinski definition) is 3. The van der Waals surface area contributed by atoms with Gasteiger partial charge in [-0.25, -0.2) is 4.79 Å². The van der Waals surface area contributed by atoms with Crippen molar-refractivity contribution in [3.05, 3.63) is 23.8 Å². The lowest BCUT2D eigenvalue weighted by Gasteiger charge is -2.15. The molecule has 0 aromatic heterocycles. The summed E-state index contributed by atoms with van der Waals surface area (Å²) in [7, 11) is 3.79. The van der Waals surface area contributed by atoms with Crippen molar-refractivity contribution < 1.29 is 14.6 Å². The Kier molecular flexibility index (Phi) is 3.55. The monoisotopic (exact) mass is 209 g/mol. The quantitative estimate of drug-likeness (QED) is 0.822. The maximum atomic E-state index is 10.9. The van der Waals surface area contributed by atoms with E-state index in [0.29, 0.717) is 12.4 Å². The second kappa shape index (κ2) is 4.68. The average molecular weight is 209 g/mol. The Morgan fingerprint density at radius 2 is 2.13 bits per heavy atom. The van der Waals surface area contributed by atoms with E-state index in [4.69, 9.17) is 9.84 Å². The first-order valence-corrected chi connectivity index (χ1v) is 4.73. The van der Waals surface area contributed by atoms with Crippen LogP contribution in [0.2, 0.25) is 0 Å². The molecule has 0 saturated carbocycles. The number of benzene rings is 1. The number of hydrogen-bond donors (Lipinski definition) is 1. The summed E-state index contributed by atoms with van der Waals surface area (Å²) in [5.41, 5.74) is 1.12. The van der Waals surface area contributed by atoms with E-state index in [1.165, 1.54) is 0 Å². The van der Waals surface area contributed by atoms with E-state index in [2.05, 4.69) is 0 Å². The van der Waals surface area contributed by atoms with E-state index in [0.717, 1.165) is 5.69 Å². The molecular formula is C11H15NO3. The van der Waals surface area contributed by atoms with E-state index in [1.807, 2.05) is 25.9 Å². The Hall–Kier alpha value is -1.71. The maximum absolute atomic E-state index is 10.9. The maximum Gasteiger partial charge on any atom is 0.339 e. The van der Waals surface area contributed by atoms with E-state index in [-0.39, 0.29) is 5.56 Å². The van der Waals surface area contributed by atoms with Crippen molar-refractivity contribution in [3.8, 4) is 5.75 Å². The highest BCUT2D eigenvalue weighted by molar-refractivity contribution is 5.91. The highest BCUT2D eigenvalue weighted by atomic mass is 16.5. The molecule has 0 unspecified atom stereocenters. The number of ether oxygens (including phenoxy) is 1. The van der Waals surface area contributed by atoms with Crippen LogP contribution in [0.3, 0.4) is 0 Å². The van der Waals surface area contributed by atoms with Crippen LogP contribution >= 0.6 is 0 Å². The zero-order chi connectivity index (χ0) is 11.4. The Bertz CT molecular complexity index is 361. The Morgan fingerprint density at radius 1 is 1.47 bits per heavy atom. The minimum atomic E-state index is -0.969. The highest BCUT2D eigenvalue weighted by Gasteiger charge is 2.12. The summed E-state index contributed by atoms with van der Waals surface area (Å²) in [5, 5.41) is 8.93. The molecule has 15 heavy (non-hydrogen) atoms. The second-order valence-corrected chi connectivity index (χ2v) is 3.31. The third-order valence-corrected chi connectivity index (χ3v) is 2.01. The van der Waals surface area contributed by atoms with Gasteiger partial charge < -0.3 is 14.7 Å². The number of anilines is 1. The van der Waals surface area contributed by atoms with Gasteiger partial charge in [-0.15, -0.1) is 0 Å². The largest absolute Gasteiger partial charge is 0.493 e. The van der Waals surface area contributed by atoms with Gasteiger partial charge in [-0.1, -0.05) is 0 Å². The lowest BCUT2D eigenvalue weighted by Crippen LogP contribution is -2.10. The summed E-state index contributed by atoms with van der Waals surface area (Å²) < 4.78 is 5.28. The molecule has 1 rings (SSSR count). The summed E-state index contributed by atoms with van der Waals surface area (Å²) in [6.45, 7) is 2.28. The fraction of sp³-hybridized carbons (Fsp3) is 0.364. The predicted molar refractivity (Wildman–Crippen MR) is 58.9 cm³/mol. The molecule has 0 aliphatic heterocycles. The molecule has 0 radical (unpaired) electrons. The van der Waals surface area contributed by atoms with Gasteiger partial charge in [0.25, 0.3) is 0 Å². The van der Waals surface area contributed by atoms with Gasteiger partial charge >= 0.3 is 5.97 Å². The molecule has 0 saturated heterocycles. The number of rotatable bonds is 4. The molecule has 82 valence electrons. The molecule has 0 bridgehead atoms. The standard InChI is InChI=1S/C11H15NO3/c1-4-15-10-7-8(12(2)3)5-6-9(10)11(13)14/h5-7H,4H2,1-3H3,(H,13,14). The van der Waals surface area contributed by atoms with Crippen LogP contribution in [-0.4, -0.2) is 31.8 Å². The molecule has 1 aromatic rings. The zero-order valence-electron chi connectivity index (χ0n) is 9.15. The first-order valence-electron chi connectivity index (χ1n) is 4.73. The molecule has 4 nitrogen and oxygen atoms in total.